The molecule has 36 heavy (non-hydrogen) atoms. The number of aliphatic hydroxyl groups excluding tert-OH is 1. The molecule has 0 aliphatic heterocycles. The zero-order chi connectivity index (χ0) is 26.1. The second-order valence-corrected chi connectivity index (χ2v) is 9.65. The zero-order valence-electron chi connectivity index (χ0n) is 20.4. The highest BCUT2D eigenvalue weighted by atomic mass is 32.2. The first-order valence-electron chi connectivity index (χ1n) is 11.2. The third kappa shape index (κ3) is 6.43. The zero-order valence-corrected chi connectivity index (χ0v) is 21.2. The van der Waals surface area contributed by atoms with Gasteiger partial charge in [-0.15, -0.1) is 0 Å². The van der Waals surface area contributed by atoms with Crippen LogP contribution in [-0.4, -0.2) is 57.8 Å². The minimum atomic E-state index is -4.09. The van der Waals surface area contributed by atoms with Crippen LogP contribution in [0.5, 0.6) is 11.5 Å². The summed E-state index contributed by atoms with van der Waals surface area (Å²) in [5.41, 5.74) is 4.06. The van der Waals surface area contributed by atoms with Gasteiger partial charge in [0.05, 0.1) is 25.9 Å². The number of aliphatic hydroxyl groups is 1. The van der Waals surface area contributed by atoms with E-state index < -0.39 is 15.7 Å². The van der Waals surface area contributed by atoms with Gasteiger partial charge in [-0.1, -0.05) is 12.1 Å². The molecule has 0 unspecified atom stereocenters. The Hall–Kier alpha value is -3.83. The number of hydrogen-bond donors (Lipinski definition) is 3. The fourth-order valence-corrected chi connectivity index (χ4v) is 5.49. The van der Waals surface area contributed by atoms with E-state index in [4.69, 9.17) is 9.47 Å². The van der Waals surface area contributed by atoms with Crippen molar-refractivity contribution in [3.63, 3.8) is 0 Å². The van der Waals surface area contributed by atoms with E-state index >= 15 is 0 Å². The smallest absolute Gasteiger partial charge is 0.235 e. The molecule has 0 bridgehead atoms. The summed E-state index contributed by atoms with van der Waals surface area (Å²) >= 11 is 0. The first-order chi connectivity index (χ1) is 17.3. The van der Waals surface area contributed by atoms with E-state index in [0.29, 0.717) is 24.5 Å². The van der Waals surface area contributed by atoms with Gasteiger partial charge < -0.3 is 19.9 Å². The van der Waals surface area contributed by atoms with Gasteiger partial charge in [0.15, 0.2) is 0 Å². The number of pyridine rings is 1. The minimum absolute atomic E-state index is 0.0150. The molecule has 0 radical (unpaired) electrons. The number of aryl methyl sites for hydroxylation is 1. The largest absolute Gasteiger partial charge is 0.495 e. The van der Waals surface area contributed by atoms with Crippen LogP contribution < -0.4 is 25.2 Å². The van der Waals surface area contributed by atoms with E-state index in [9.17, 15) is 18.3 Å². The Morgan fingerprint density at radius 3 is 2.53 bits per heavy atom. The van der Waals surface area contributed by atoms with E-state index in [2.05, 4.69) is 15.7 Å². The van der Waals surface area contributed by atoms with Crippen molar-refractivity contribution in [3.8, 4) is 11.5 Å². The lowest BCUT2D eigenvalue weighted by Gasteiger charge is -2.28. The molecule has 0 atom stereocenters. The van der Waals surface area contributed by atoms with Gasteiger partial charge in [0.2, 0.25) is 15.7 Å². The summed E-state index contributed by atoms with van der Waals surface area (Å²) in [6.07, 6.45) is 3.36. The molecule has 1 heterocycles. The van der Waals surface area contributed by atoms with Crippen molar-refractivity contribution in [3.05, 3.63) is 66.5 Å². The number of anilines is 2. The molecule has 2 aromatic carbocycles. The Balaban J connectivity index is 2.01. The third-order valence-electron chi connectivity index (χ3n) is 5.14. The molecule has 0 spiro atoms. The third-order valence-corrected chi connectivity index (χ3v) is 7.13. The van der Waals surface area contributed by atoms with E-state index in [1.54, 1.807) is 43.6 Å². The monoisotopic (exact) mass is 514 g/mol. The van der Waals surface area contributed by atoms with Crippen molar-refractivity contribution in [1.29, 1.82) is 0 Å². The van der Waals surface area contributed by atoms with Crippen LogP contribution >= 0.6 is 0 Å². The molecule has 1 aromatic heterocycles. The Bertz CT molecular complexity index is 1280. The lowest BCUT2D eigenvalue weighted by Crippen LogP contribution is -2.43. The second-order valence-electron chi connectivity index (χ2n) is 7.80. The Labute approximate surface area is 210 Å². The molecule has 0 saturated heterocycles. The highest BCUT2D eigenvalue weighted by Crippen LogP contribution is 2.38. The molecule has 3 aromatic rings. The number of nitrogens with one attached hydrogen (secondary N) is 2. The normalized spacial score (nSPS) is 11.0. The summed E-state index contributed by atoms with van der Waals surface area (Å²) in [5.74, 6) is 0.180. The number of aromatic nitrogens is 1. The molecule has 0 aliphatic rings. The molecule has 3 N–H and O–H groups in total. The average molecular weight is 515 g/mol. The van der Waals surface area contributed by atoms with Crippen molar-refractivity contribution in [2.75, 3.05) is 43.7 Å². The number of rotatable bonds is 12. The predicted octanol–water partition coefficient (Wildman–Crippen LogP) is 2.57. The summed E-state index contributed by atoms with van der Waals surface area (Å²) in [5, 5.41) is 14.1. The summed E-state index contributed by atoms with van der Waals surface area (Å²) in [6.45, 7) is 3.37. The van der Waals surface area contributed by atoms with Gasteiger partial charge in [-0.05, 0) is 42.8 Å². The maximum absolute atomic E-state index is 13.8. The number of benzene rings is 2. The Morgan fingerprint density at radius 1 is 1.14 bits per heavy atom. The fourth-order valence-electron chi connectivity index (χ4n) is 3.67. The molecule has 0 aliphatic carbocycles. The highest BCUT2D eigenvalue weighted by Gasteiger charge is 2.30. The van der Waals surface area contributed by atoms with Crippen LogP contribution in [0.2, 0.25) is 0 Å². The van der Waals surface area contributed by atoms with Gasteiger partial charge in [0, 0.05) is 37.6 Å². The van der Waals surface area contributed by atoms with Crippen LogP contribution in [0.1, 0.15) is 12.5 Å². The fraction of sp³-hybridized carbons (Fsp3) is 0.280. The van der Waals surface area contributed by atoms with E-state index in [1.165, 1.54) is 31.2 Å². The van der Waals surface area contributed by atoms with Gasteiger partial charge in [-0.2, -0.15) is 0 Å². The number of nitrogens with zero attached hydrogens (tertiary/aromatic N) is 2. The highest BCUT2D eigenvalue weighted by molar-refractivity contribution is 7.91. The minimum Gasteiger partial charge on any atom is -0.495 e. The van der Waals surface area contributed by atoms with Crippen molar-refractivity contribution >= 4 is 27.1 Å². The molecule has 0 fully saturated rings. The number of para-hydroxylation sites is 1. The Kier molecular flexibility index (Phi) is 9.09. The summed E-state index contributed by atoms with van der Waals surface area (Å²) in [4.78, 5) is 15.8. The Morgan fingerprint density at radius 2 is 1.86 bits per heavy atom. The van der Waals surface area contributed by atoms with Crippen LogP contribution in [0.15, 0.2) is 70.7 Å². The predicted molar refractivity (Wildman–Crippen MR) is 136 cm³/mol. The number of hydrazine groups is 1. The van der Waals surface area contributed by atoms with Gasteiger partial charge in [-0.25, -0.2) is 8.42 Å². The van der Waals surface area contributed by atoms with Crippen LogP contribution in [0.3, 0.4) is 0 Å². The number of carbonyl (C=O) groups excluding carboxylic acids is 1. The number of ether oxygens (including phenoxy) is 2. The lowest BCUT2D eigenvalue weighted by molar-refractivity contribution is -0.119. The van der Waals surface area contributed by atoms with Crippen molar-refractivity contribution in [2.24, 2.45) is 0 Å². The molecule has 192 valence electrons. The van der Waals surface area contributed by atoms with Gasteiger partial charge in [0.25, 0.3) is 0 Å². The lowest BCUT2D eigenvalue weighted by atomic mass is 10.2. The average Bonchev–Trinajstić information content (AvgIpc) is 2.86. The number of hydrogen-bond acceptors (Lipinski definition) is 9. The standard InChI is InChI=1S/C25H30N4O6S/c1-18-16-21(35-15-12-27-20-8-10-26-11-9-20)17-22(29(13-14-30)28-19(2)31)25(18)36(32,33)24-7-5-4-6-23(24)34-3/h4-11,16-17,30H,12-15H2,1-3H3,(H,26,27)(H,28,31). The quantitative estimate of drug-likeness (QED) is 0.247. The number of sulfone groups is 1. The van der Waals surface area contributed by atoms with Crippen molar-refractivity contribution in [2.45, 2.75) is 23.6 Å². The van der Waals surface area contributed by atoms with E-state index in [0.717, 1.165) is 5.69 Å². The maximum atomic E-state index is 13.8. The van der Waals surface area contributed by atoms with Crippen LogP contribution in [0, 0.1) is 6.92 Å². The van der Waals surface area contributed by atoms with Crippen molar-refractivity contribution in [1.82, 2.24) is 10.4 Å². The summed E-state index contributed by atoms with van der Waals surface area (Å²) < 4.78 is 38.9. The SMILES string of the molecule is COc1ccccc1S(=O)(=O)c1c(C)cc(OCCNc2ccncc2)cc1N(CCO)NC(C)=O. The van der Waals surface area contributed by atoms with E-state index in [1.807, 2.05) is 12.1 Å². The molecule has 0 saturated carbocycles. The molecule has 11 heteroatoms. The number of methoxy groups -OCH3 is 1. The topological polar surface area (TPSA) is 130 Å². The van der Waals surface area contributed by atoms with Crippen LogP contribution in [0.4, 0.5) is 11.4 Å². The van der Waals surface area contributed by atoms with Gasteiger partial charge in [-0.3, -0.25) is 20.2 Å². The van der Waals surface area contributed by atoms with Crippen molar-refractivity contribution < 1.29 is 27.8 Å². The summed E-state index contributed by atoms with van der Waals surface area (Å²) in [6, 6.07) is 13.1. The van der Waals surface area contributed by atoms with Crippen LogP contribution in [0.25, 0.3) is 0 Å². The second kappa shape index (κ2) is 12.2. The molecular weight excluding hydrogens is 484 g/mol. The molecule has 10 nitrogen and oxygen atoms in total. The number of carbonyl (C=O) groups is 1. The first kappa shape index (κ1) is 26.8. The van der Waals surface area contributed by atoms with Crippen LogP contribution in [-0.2, 0) is 14.6 Å². The first-order valence-corrected chi connectivity index (χ1v) is 12.7. The number of amides is 1. The maximum Gasteiger partial charge on any atom is 0.235 e. The van der Waals surface area contributed by atoms with Gasteiger partial charge in [0.1, 0.15) is 27.9 Å². The van der Waals surface area contributed by atoms with Gasteiger partial charge >= 0.3 is 0 Å². The summed E-state index contributed by atoms with van der Waals surface area (Å²) in [7, 11) is -2.70. The molecular formula is C25H30N4O6S. The molecule has 3 rings (SSSR count). The molecule has 1 amide bonds. The van der Waals surface area contributed by atoms with E-state index in [-0.39, 0.29) is 34.4 Å².